The van der Waals surface area contributed by atoms with Gasteiger partial charge in [-0.25, -0.2) is 4.98 Å². The highest BCUT2D eigenvalue weighted by molar-refractivity contribution is 5.77. The van der Waals surface area contributed by atoms with Crippen molar-refractivity contribution in [3.63, 3.8) is 0 Å². The Balaban J connectivity index is 2.05. The minimum absolute atomic E-state index is 0.172. The van der Waals surface area contributed by atoms with E-state index in [2.05, 4.69) is 4.98 Å². The first kappa shape index (κ1) is 12.0. The molecule has 0 fully saturated rings. The highest BCUT2D eigenvalue weighted by Crippen LogP contribution is 2.36. The molecular weight excluding hydrogens is 242 g/mol. The average molecular weight is 257 g/mol. The van der Waals surface area contributed by atoms with Crippen LogP contribution in [0.1, 0.15) is 30.2 Å². The summed E-state index contributed by atoms with van der Waals surface area (Å²) in [6.45, 7) is 1.98. The van der Waals surface area contributed by atoms with E-state index in [0.717, 1.165) is 16.7 Å². The lowest BCUT2D eigenvalue weighted by Crippen LogP contribution is -2.23. The number of aromatic nitrogens is 1. The summed E-state index contributed by atoms with van der Waals surface area (Å²) in [6, 6.07) is 5.76. The smallest absolute Gasteiger partial charge is 0.307 e. The number of carbonyl (C=O) groups is 1. The number of benzene rings is 1. The van der Waals surface area contributed by atoms with Crippen molar-refractivity contribution in [3.8, 4) is 0 Å². The number of aryl methyl sites for hydroxylation is 1. The van der Waals surface area contributed by atoms with E-state index in [1.807, 2.05) is 37.3 Å². The molecule has 1 aromatic carbocycles. The molecule has 3 rings (SSSR count). The average Bonchev–Trinajstić information content (AvgIpc) is 2.84. The van der Waals surface area contributed by atoms with Gasteiger partial charge in [0, 0.05) is 0 Å². The molecule has 0 amide bonds. The molecule has 1 N–H and O–H groups in total. The molecule has 1 aliphatic carbocycles. The fourth-order valence-electron chi connectivity index (χ4n) is 2.62. The van der Waals surface area contributed by atoms with Crippen molar-refractivity contribution in [3.05, 3.63) is 41.8 Å². The van der Waals surface area contributed by atoms with E-state index < -0.39 is 11.9 Å². The molecule has 1 aromatic heterocycles. The van der Waals surface area contributed by atoms with Crippen LogP contribution in [0.2, 0.25) is 0 Å². The summed E-state index contributed by atoms with van der Waals surface area (Å²) in [5.41, 5.74) is 2.61. The topological polar surface area (TPSA) is 63.3 Å². The minimum atomic E-state index is -0.784. The number of rotatable bonds is 2. The van der Waals surface area contributed by atoms with Gasteiger partial charge >= 0.3 is 5.97 Å². The number of para-hydroxylation sites is 1. The third-order valence-corrected chi connectivity index (χ3v) is 3.70. The van der Waals surface area contributed by atoms with Crippen molar-refractivity contribution < 1.29 is 14.3 Å². The third-order valence-electron chi connectivity index (χ3n) is 3.70. The van der Waals surface area contributed by atoms with Crippen LogP contribution in [0.3, 0.4) is 0 Å². The van der Waals surface area contributed by atoms with Gasteiger partial charge in [-0.15, -0.1) is 0 Å². The Labute approximate surface area is 110 Å². The van der Waals surface area contributed by atoms with Crippen molar-refractivity contribution in [1.82, 2.24) is 4.98 Å². The van der Waals surface area contributed by atoms with Crippen molar-refractivity contribution >= 4 is 17.1 Å². The molecule has 0 saturated carbocycles. The Hall–Kier alpha value is -2.10. The molecule has 2 aromatic rings. The van der Waals surface area contributed by atoms with Gasteiger partial charge in [-0.2, -0.15) is 0 Å². The molecule has 0 radical (unpaired) electrons. The molecule has 0 saturated heterocycles. The number of allylic oxidation sites excluding steroid dienone is 2. The van der Waals surface area contributed by atoms with Crippen LogP contribution >= 0.6 is 0 Å². The van der Waals surface area contributed by atoms with E-state index in [4.69, 9.17) is 4.42 Å². The van der Waals surface area contributed by atoms with Gasteiger partial charge in [-0.05, 0) is 31.4 Å². The normalized spacial score (nSPS) is 22.8. The Bertz CT molecular complexity index is 656. The van der Waals surface area contributed by atoms with Gasteiger partial charge in [-0.1, -0.05) is 24.3 Å². The van der Waals surface area contributed by atoms with E-state index >= 15 is 0 Å². The van der Waals surface area contributed by atoms with Crippen LogP contribution in [0.4, 0.5) is 0 Å². The van der Waals surface area contributed by atoms with Gasteiger partial charge in [-0.3, -0.25) is 4.79 Å². The molecule has 0 aliphatic heterocycles. The van der Waals surface area contributed by atoms with Gasteiger partial charge < -0.3 is 9.52 Å². The number of carboxylic acid groups (broad SMARTS) is 1. The minimum Gasteiger partial charge on any atom is -0.481 e. The quantitative estimate of drug-likeness (QED) is 0.839. The number of hydrogen-bond acceptors (Lipinski definition) is 3. The fraction of sp³-hybridized carbons (Fsp3) is 0.333. The van der Waals surface area contributed by atoms with E-state index in [0.29, 0.717) is 18.7 Å². The van der Waals surface area contributed by atoms with E-state index in [9.17, 15) is 9.90 Å². The predicted octanol–water partition coefficient (Wildman–Crippen LogP) is 3.27. The molecular formula is C15H15NO3. The van der Waals surface area contributed by atoms with Crippen molar-refractivity contribution in [2.24, 2.45) is 5.92 Å². The monoisotopic (exact) mass is 257 g/mol. The standard InChI is InChI=1S/C15H15NO3/c1-9-5-4-8-12-13(9)16-14(19-12)10-6-2-3-7-11(10)15(17)18/h2-5,8,10-11H,6-7H2,1H3,(H,17,18)/t10-,11+/m1/s1. The summed E-state index contributed by atoms with van der Waals surface area (Å²) in [7, 11) is 0. The zero-order valence-corrected chi connectivity index (χ0v) is 10.7. The van der Waals surface area contributed by atoms with Crippen LogP contribution in [0.15, 0.2) is 34.8 Å². The van der Waals surface area contributed by atoms with E-state index in [-0.39, 0.29) is 5.92 Å². The molecule has 4 heteroatoms. The summed E-state index contributed by atoms with van der Waals surface area (Å²) in [6.07, 6.45) is 5.13. The molecule has 0 unspecified atom stereocenters. The second-order valence-corrected chi connectivity index (χ2v) is 4.97. The van der Waals surface area contributed by atoms with Crippen molar-refractivity contribution in [2.75, 3.05) is 0 Å². The molecule has 2 atom stereocenters. The highest BCUT2D eigenvalue weighted by Gasteiger charge is 2.33. The fourth-order valence-corrected chi connectivity index (χ4v) is 2.62. The van der Waals surface area contributed by atoms with Crippen LogP contribution < -0.4 is 0 Å². The Morgan fingerprint density at radius 3 is 2.89 bits per heavy atom. The van der Waals surface area contributed by atoms with Crippen molar-refractivity contribution in [1.29, 1.82) is 0 Å². The van der Waals surface area contributed by atoms with Gasteiger partial charge in [0.15, 0.2) is 11.5 Å². The van der Waals surface area contributed by atoms with Gasteiger partial charge in [0.25, 0.3) is 0 Å². The van der Waals surface area contributed by atoms with Crippen LogP contribution in [-0.4, -0.2) is 16.1 Å². The zero-order valence-electron chi connectivity index (χ0n) is 10.7. The number of fused-ring (bicyclic) bond motifs is 1. The Morgan fingerprint density at radius 1 is 1.37 bits per heavy atom. The molecule has 0 spiro atoms. The zero-order chi connectivity index (χ0) is 13.4. The number of hydrogen-bond donors (Lipinski definition) is 1. The summed E-state index contributed by atoms with van der Waals surface area (Å²) >= 11 is 0. The second-order valence-electron chi connectivity index (χ2n) is 4.97. The lowest BCUT2D eigenvalue weighted by atomic mass is 9.83. The molecule has 4 nitrogen and oxygen atoms in total. The van der Waals surface area contributed by atoms with Crippen molar-refractivity contribution in [2.45, 2.75) is 25.7 Å². The Kier molecular flexibility index (Phi) is 2.85. The molecule has 1 heterocycles. The highest BCUT2D eigenvalue weighted by atomic mass is 16.4. The number of oxazole rings is 1. The lowest BCUT2D eigenvalue weighted by molar-refractivity contribution is -0.142. The van der Waals surface area contributed by atoms with Crippen LogP contribution in [0, 0.1) is 12.8 Å². The molecule has 0 bridgehead atoms. The van der Waals surface area contributed by atoms with Crippen LogP contribution in [0.5, 0.6) is 0 Å². The van der Waals surface area contributed by atoms with Crippen LogP contribution in [0.25, 0.3) is 11.1 Å². The van der Waals surface area contributed by atoms with Gasteiger partial charge in [0.1, 0.15) is 5.52 Å². The number of nitrogens with zero attached hydrogens (tertiary/aromatic N) is 1. The molecule has 98 valence electrons. The maximum absolute atomic E-state index is 11.3. The summed E-state index contributed by atoms with van der Waals surface area (Å²) in [5, 5.41) is 9.30. The third kappa shape index (κ3) is 2.03. The molecule has 1 aliphatic rings. The Morgan fingerprint density at radius 2 is 2.16 bits per heavy atom. The maximum Gasteiger partial charge on any atom is 0.307 e. The summed E-state index contributed by atoms with van der Waals surface area (Å²) < 4.78 is 5.76. The van der Waals surface area contributed by atoms with Gasteiger partial charge in [0.05, 0.1) is 11.8 Å². The summed E-state index contributed by atoms with van der Waals surface area (Å²) in [5.74, 6) is -0.859. The van der Waals surface area contributed by atoms with E-state index in [1.165, 1.54) is 0 Å². The SMILES string of the molecule is Cc1cccc2oc([C@@H]3CC=CC[C@@H]3C(=O)O)nc12. The second kappa shape index (κ2) is 4.53. The number of carboxylic acids is 1. The lowest BCUT2D eigenvalue weighted by Gasteiger charge is -2.21. The van der Waals surface area contributed by atoms with Crippen LogP contribution in [-0.2, 0) is 4.79 Å². The molecule has 19 heavy (non-hydrogen) atoms. The number of aliphatic carboxylic acids is 1. The summed E-state index contributed by atoms with van der Waals surface area (Å²) in [4.78, 5) is 15.8. The van der Waals surface area contributed by atoms with E-state index in [1.54, 1.807) is 0 Å². The predicted molar refractivity (Wildman–Crippen MR) is 71.0 cm³/mol. The maximum atomic E-state index is 11.3. The first-order chi connectivity index (χ1) is 9.16. The van der Waals surface area contributed by atoms with Gasteiger partial charge in [0.2, 0.25) is 0 Å². The first-order valence-corrected chi connectivity index (χ1v) is 6.40. The first-order valence-electron chi connectivity index (χ1n) is 6.40. The largest absolute Gasteiger partial charge is 0.481 e.